The molecule has 0 spiro atoms. The van der Waals surface area contributed by atoms with Gasteiger partial charge in [0.05, 0.1) is 86.4 Å². The number of fused-ring (bicyclic) bond motifs is 2. The minimum Gasteiger partial charge on any atom is -0.493 e. The van der Waals surface area contributed by atoms with Crippen LogP contribution in [0.4, 0.5) is 35.9 Å². The van der Waals surface area contributed by atoms with E-state index in [1.54, 1.807) is 58.5 Å². The number of imidazole rings is 1. The number of H-pyrrole nitrogens is 1. The highest BCUT2D eigenvalue weighted by molar-refractivity contribution is 5.85. The molecule has 1 aliphatic heterocycles. The number of aromatic nitrogens is 8. The summed E-state index contributed by atoms with van der Waals surface area (Å²) in [5.41, 5.74) is 0.582. The molecule has 9 rings (SSSR count). The Kier molecular flexibility index (Phi) is 13.2. The van der Waals surface area contributed by atoms with Crippen LogP contribution < -0.4 is 39.9 Å². The number of halogens is 3. The van der Waals surface area contributed by atoms with Crippen LogP contribution in [-0.4, -0.2) is 93.5 Å². The number of nitrogens with zero attached hydrogens (tertiary/aromatic N) is 9. The van der Waals surface area contributed by atoms with E-state index in [0.717, 1.165) is 6.07 Å². The molecule has 5 heterocycles. The van der Waals surface area contributed by atoms with Gasteiger partial charge in [0.2, 0.25) is 0 Å². The van der Waals surface area contributed by atoms with Gasteiger partial charge >= 0.3 is 0 Å². The van der Waals surface area contributed by atoms with Crippen molar-refractivity contribution in [1.82, 2.24) is 39.0 Å². The Balaban J connectivity index is 1.01. The Bertz CT molecular complexity index is 3180. The first kappa shape index (κ1) is 45.1. The average Bonchev–Trinajstić information content (AvgIpc) is 3.90. The summed E-state index contributed by atoms with van der Waals surface area (Å²) in [5.74, 6) is -2.90. The average molecular weight is 933 g/mol. The van der Waals surface area contributed by atoms with Crippen LogP contribution in [0.3, 0.4) is 0 Å². The van der Waals surface area contributed by atoms with E-state index in [0.29, 0.717) is 59.7 Å². The SMILES string of the molecule is COc1cc(OCOCCN(c2ccc3ncn(-c4cncnc4)c(=O)c3c2)c2c(F)c(OC)cc(OC)c2F)cc(N(Cc2ncc[nH]2)c2ccc3ncn(C4CCOCC4)c(=O)c3c2)c1F. The number of hydrogen-bond donors (Lipinski definition) is 1. The molecule has 18 nitrogen and oxygen atoms in total. The maximum absolute atomic E-state index is 16.5. The topological polar surface area (TPSA) is 186 Å². The number of anilines is 4. The monoisotopic (exact) mass is 932 g/mol. The maximum atomic E-state index is 16.5. The predicted octanol–water partition coefficient (Wildman–Crippen LogP) is 6.93. The number of methoxy groups -OCH3 is 3. The molecule has 0 amide bonds. The van der Waals surface area contributed by atoms with Gasteiger partial charge in [0.25, 0.3) is 11.1 Å². The van der Waals surface area contributed by atoms with Gasteiger partial charge in [0, 0.05) is 67.8 Å². The third-order valence-electron chi connectivity index (χ3n) is 11.5. The van der Waals surface area contributed by atoms with Gasteiger partial charge in [-0.05, 0) is 49.2 Å². The zero-order valence-electron chi connectivity index (χ0n) is 36.9. The molecule has 4 aromatic heterocycles. The van der Waals surface area contributed by atoms with Crippen LogP contribution in [0, 0.1) is 17.5 Å². The van der Waals surface area contributed by atoms with Crippen molar-refractivity contribution in [2.75, 3.05) is 64.3 Å². The summed E-state index contributed by atoms with van der Waals surface area (Å²) in [6.07, 6.45) is 11.7. The fourth-order valence-corrected chi connectivity index (χ4v) is 8.03. The Labute approximate surface area is 385 Å². The predicted molar refractivity (Wildman–Crippen MR) is 243 cm³/mol. The van der Waals surface area contributed by atoms with Crippen molar-refractivity contribution in [2.45, 2.75) is 25.4 Å². The van der Waals surface area contributed by atoms with Gasteiger partial charge < -0.3 is 43.2 Å². The van der Waals surface area contributed by atoms with E-state index in [-0.39, 0.29) is 71.1 Å². The summed E-state index contributed by atoms with van der Waals surface area (Å²) in [7, 11) is 3.78. The van der Waals surface area contributed by atoms with E-state index in [1.807, 2.05) is 0 Å². The minimum atomic E-state index is -1.04. The summed E-state index contributed by atoms with van der Waals surface area (Å²) >= 11 is 0. The number of hydrogen-bond acceptors (Lipinski definition) is 15. The van der Waals surface area contributed by atoms with Crippen molar-refractivity contribution in [3.8, 4) is 28.7 Å². The van der Waals surface area contributed by atoms with Gasteiger partial charge in [-0.2, -0.15) is 0 Å². The molecule has 350 valence electrons. The van der Waals surface area contributed by atoms with Crippen LogP contribution in [0.15, 0.2) is 108 Å². The molecule has 8 aromatic rings. The van der Waals surface area contributed by atoms with Crippen LogP contribution in [0.2, 0.25) is 0 Å². The zero-order valence-corrected chi connectivity index (χ0v) is 36.9. The lowest BCUT2D eigenvalue weighted by Crippen LogP contribution is -2.29. The number of nitrogens with one attached hydrogen (secondary N) is 1. The van der Waals surface area contributed by atoms with E-state index in [9.17, 15) is 9.59 Å². The van der Waals surface area contributed by atoms with Crippen LogP contribution >= 0.6 is 0 Å². The second kappa shape index (κ2) is 19.8. The molecule has 1 aliphatic rings. The summed E-state index contributed by atoms with van der Waals surface area (Å²) < 4.78 is 85.1. The Morgan fingerprint density at radius 1 is 0.765 bits per heavy atom. The Morgan fingerprint density at radius 3 is 2.07 bits per heavy atom. The van der Waals surface area contributed by atoms with Crippen molar-refractivity contribution in [3.05, 3.63) is 142 Å². The third kappa shape index (κ3) is 8.95. The van der Waals surface area contributed by atoms with E-state index in [2.05, 4.69) is 29.9 Å². The maximum Gasteiger partial charge on any atom is 0.265 e. The number of rotatable bonds is 17. The number of aromatic amines is 1. The highest BCUT2D eigenvalue weighted by Crippen LogP contribution is 2.41. The summed E-state index contributed by atoms with van der Waals surface area (Å²) in [6.45, 7) is 0.322. The molecule has 68 heavy (non-hydrogen) atoms. The second-order valence-electron chi connectivity index (χ2n) is 15.4. The van der Waals surface area contributed by atoms with Gasteiger partial charge in [-0.25, -0.2) is 38.1 Å². The van der Waals surface area contributed by atoms with Crippen LogP contribution in [0.5, 0.6) is 23.0 Å². The highest BCUT2D eigenvalue weighted by Gasteiger charge is 2.28. The van der Waals surface area contributed by atoms with Crippen molar-refractivity contribution in [3.63, 3.8) is 0 Å². The van der Waals surface area contributed by atoms with E-state index in [4.69, 9.17) is 28.4 Å². The fraction of sp³-hybridized carbons (Fsp3) is 0.255. The molecule has 0 aliphatic carbocycles. The van der Waals surface area contributed by atoms with Crippen molar-refractivity contribution in [1.29, 1.82) is 0 Å². The molecular formula is C47H43F3N10O8. The van der Waals surface area contributed by atoms with Gasteiger partial charge in [-0.1, -0.05) is 0 Å². The molecule has 1 N–H and O–H groups in total. The van der Waals surface area contributed by atoms with Crippen molar-refractivity contribution >= 4 is 44.6 Å². The smallest absolute Gasteiger partial charge is 0.265 e. The summed E-state index contributed by atoms with van der Waals surface area (Å²) in [4.78, 5) is 55.0. The highest BCUT2D eigenvalue weighted by atomic mass is 19.1. The second-order valence-corrected chi connectivity index (χ2v) is 15.4. The fourth-order valence-electron chi connectivity index (χ4n) is 8.03. The van der Waals surface area contributed by atoms with Crippen LogP contribution in [0.25, 0.3) is 27.5 Å². The summed E-state index contributed by atoms with van der Waals surface area (Å²) in [6, 6.07) is 13.5. The third-order valence-corrected chi connectivity index (χ3v) is 11.5. The first-order chi connectivity index (χ1) is 33.2. The number of ether oxygens (including phenoxy) is 6. The quantitative estimate of drug-likeness (QED) is 0.0731. The van der Waals surface area contributed by atoms with Gasteiger partial charge in [-0.3, -0.25) is 18.7 Å². The van der Waals surface area contributed by atoms with E-state index < -0.39 is 35.5 Å². The molecular weight excluding hydrogens is 890 g/mol. The first-order valence-corrected chi connectivity index (χ1v) is 21.2. The molecule has 0 atom stereocenters. The lowest BCUT2D eigenvalue weighted by atomic mass is 10.1. The lowest BCUT2D eigenvalue weighted by Gasteiger charge is -2.27. The van der Waals surface area contributed by atoms with Crippen LogP contribution in [-0.2, 0) is 16.0 Å². The summed E-state index contributed by atoms with van der Waals surface area (Å²) in [5, 5.41) is 0.475. The standard InChI is InChI=1S/C47H43F3N10O8/c1-63-38-19-32(18-37(42(38)48)58(23-41-53-10-11-54-41)30-5-7-36-34(17-30)46(61)59(25-55-36)28-8-13-66-14-9-28)68-27-67-15-12-57(45-43(49)39(64-2)20-40(65-3)44(45)50)29-4-6-35-33(16-29)47(62)60(26-56-35)31-21-51-24-52-22-31/h4-7,10-11,16-22,24-26,28H,8-9,12-15,23,27H2,1-3H3,(H,53,54). The Morgan fingerprint density at radius 2 is 1.41 bits per heavy atom. The lowest BCUT2D eigenvalue weighted by molar-refractivity contribution is 0.0193. The normalized spacial score (nSPS) is 12.9. The van der Waals surface area contributed by atoms with E-state index in [1.165, 1.54) is 74.0 Å². The molecule has 0 bridgehead atoms. The first-order valence-electron chi connectivity index (χ1n) is 21.2. The largest absolute Gasteiger partial charge is 0.493 e. The molecule has 4 aromatic carbocycles. The van der Waals surface area contributed by atoms with Gasteiger partial charge in [-0.15, -0.1) is 0 Å². The van der Waals surface area contributed by atoms with Crippen molar-refractivity contribution in [2.24, 2.45) is 0 Å². The molecule has 0 saturated carbocycles. The Hall–Kier alpha value is -8.04. The number of benzene rings is 4. The minimum absolute atomic E-state index is 0.0255. The zero-order chi connectivity index (χ0) is 47.3. The van der Waals surface area contributed by atoms with Crippen LogP contribution in [0.1, 0.15) is 24.7 Å². The molecule has 0 radical (unpaired) electrons. The van der Waals surface area contributed by atoms with Gasteiger partial charge in [0.15, 0.2) is 41.5 Å². The molecule has 21 heteroatoms. The van der Waals surface area contributed by atoms with Crippen molar-refractivity contribution < 1.29 is 41.6 Å². The van der Waals surface area contributed by atoms with E-state index >= 15 is 13.2 Å². The molecule has 1 saturated heterocycles. The van der Waals surface area contributed by atoms with Gasteiger partial charge in [0.1, 0.15) is 29.9 Å². The molecule has 0 unspecified atom stereocenters. The molecule has 1 fully saturated rings.